The molecule has 1 atom stereocenters. The van der Waals surface area contributed by atoms with E-state index in [0.717, 1.165) is 5.69 Å². The molecule has 2 N–H and O–H groups in total. The van der Waals surface area contributed by atoms with E-state index in [9.17, 15) is 4.79 Å². The van der Waals surface area contributed by atoms with Gasteiger partial charge in [-0.1, -0.05) is 17.8 Å². The molecule has 0 aliphatic heterocycles. The third-order valence-corrected chi connectivity index (χ3v) is 4.24. The average Bonchev–Trinajstić information content (AvgIpc) is 2.96. The van der Waals surface area contributed by atoms with Gasteiger partial charge in [-0.2, -0.15) is 0 Å². The number of hydrogen-bond acceptors (Lipinski definition) is 5. The normalized spacial score (nSPS) is 12.2. The standard InChI is InChI=1S/C15H20N4O2S/c1-10-4-5-13(6-11(10)2)19-9-16-18-15(19)22-8-14(21)17-12(3)7-20/h4-6,9,12,20H,7-8H2,1-3H3,(H,17,21). The molecule has 2 aromatic rings. The highest BCUT2D eigenvalue weighted by atomic mass is 32.2. The number of thioether (sulfide) groups is 1. The predicted molar refractivity (Wildman–Crippen MR) is 86.2 cm³/mol. The van der Waals surface area contributed by atoms with Crippen molar-refractivity contribution >= 4 is 17.7 Å². The monoisotopic (exact) mass is 320 g/mol. The molecular formula is C15H20N4O2S. The summed E-state index contributed by atoms with van der Waals surface area (Å²) in [4.78, 5) is 11.8. The second-order valence-corrected chi connectivity index (χ2v) is 6.13. The molecule has 2 rings (SSSR count). The molecule has 22 heavy (non-hydrogen) atoms. The van der Waals surface area contributed by atoms with Gasteiger partial charge < -0.3 is 10.4 Å². The Morgan fingerprint density at radius 2 is 2.18 bits per heavy atom. The molecule has 1 aromatic carbocycles. The van der Waals surface area contributed by atoms with Crippen LogP contribution in [-0.4, -0.2) is 44.2 Å². The lowest BCUT2D eigenvalue weighted by Crippen LogP contribution is -2.36. The zero-order chi connectivity index (χ0) is 16.1. The number of benzene rings is 1. The molecule has 7 heteroatoms. The van der Waals surface area contributed by atoms with Gasteiger partial charge in [-0.3, -0.25) is 9.36 Å². The summed E-state index contributed by atoms with van der Waals surface area (Å²) in [6.07, 6.45) is 1.64. The Kier molecular flexibility index (Phi) is 5.57. The largest absolute Gasteiger partial charge is 0.394 e. The van der Waals surface area contributed by atoms with Crippen LogP contribution in [0.4, 0.5) is 0 Å². The maximum atomic E-state index is 11.8. The fourth-order valence-electron chi connectivity index (χ4n) is 1.87. The number of carbonyl (C=O) groups excluding carboxylic acids is 1. The van der Waals surface area contributed by atoms with Crippen molar-refractivity contribution in [2.75, 3.05) is 12.4 Å². The molecule has 0 bridgehead atoms. The van der Waals surface area contributed by atoms with Gasteiger partial charge in [0.15, 0.2) is 5.16 Å². The summed E-state index contributed by atoms with van der Waals surface area (Å²) in [6, 6.07) is 5.88. The van der Waals surface area contributed by atoms with Crippen LogP contribution < -0.4 is 5.32 Å². The molecule has 1 unspecified atom stereocenters. The van der Waals surface area contributed by atoms with Crippen LogP contribution in [0, 0.1) is 13.8 Å². The number of hydrogen-bond donors (Lipinski definition) is 2. The molecule has 0 radical (unpaired) electrons. The van der Waals surface area contributed by atoms with Crippen LogP contribution in [0.5, 0.6) is 0 Å². The number of aromatic nitrogens is 3. The Morgan fingerprint density at radius 1 is 1.41 bits per heavy atom. The summed E-state index contributed by atoms with van der Waals surface area (Å²) in [5.41, 5.74) is 3.39. The molecule has 1 heterocycles. The number of amides is 1. The van der Waals surface area contributed by atoms with Crippen molar-refractivity contribution in [1.29, 1.82) is 0 Å². The first-order valence-corrected chi connectivity index (χ1v) is 8.00. The van der Waals surface area contributed by atoms with Crippen LogP contribution in [0.1, 0.15) is 18.1 Å². The Hall–Kier alpha value is -1.86. The Balaban J connectivity index is 2.06. The molecule has 1 amide bonds. The number of aliphatic hydroxyl groups excluding tert-OH is 1. The van der Waals surface area contributed by atoms with Gasteiger partial charge in [-0.25, -0.2) is 0 Å². The lowest BCUT2D eigenvalue weighted by atomic mass is 10.1. The number of aryl methyl sites for hydroxylation is 2. The molecule has 1 aromatic heterocycles. The maximum Gasteiger partial charge on any atom is 0.230 e. The van der Waals surface area contributed by atoms with E-state index in [2.05, 4.69) is 41.5 Å². The smallest absolute Gasteiger partial charge is 0.230 e. The van der Waals surface area contributed by atoms with Crippen molar-refractivity contribution in [2.45, 2.75) is 32.0 Å². The predicted octanol–water partition coefficient (Wildman–Crippen LogP) is 1.47. The average molecular weight is 320 g/mol. The van der Waals surface area contributed by atoms with Gasteiger partial charge in [0, 0.05) is 11.7 Å². The lowest BCUT2D eigenvalue weighted by Gasteiger charge is -2.11. The van der Waals surface area contributed by atoms with E-state index >= 15 is 0 Å². The first kappa shape index (κ1) is 16.5. The van der Waals surface area contributed by atoms with Crippen molar-refractivity contribution in [3.8, 4) is 5.69 Å². The molecule has 0 fully saturated rings. The minimum Gasteiger partial charge on any atom is -0.394 e. The van der Waals surface area contributed by atoms with Gasteiger partial charge in [0.1, 0.15) is 6.33 Å². The van der Waals surface area contributed by atoms with E-state index in [4.69, 9.17) is 5.11 Å². The quantitative estimate of drug-likeness (QED) is 0.788. The minimum atomic E-state index is -0.245. The first-order valence-electron chi connectivity index (χ1n) is 7.02. The second kappa shape index (κ2) is 7.42. The van der Waals surface area contributed by atoms with Crippen molar-refractivity contribution in [1.82, 2.24) is 20.1 Å². The Bertz CT molecular complexity index is 657. The van der Waals surface area contributed by atoms with E-state index in [1.54, 1.807) is 13.3 Å². The summed E-state index contributed by atoms with van der Waals surface area (Å²) in [5.74, 6) is 0.0922. The van der Waals surface area contributed by atoms with Crippen LogP contribution >= 0.6 is 11.8 Å². The SMILES string of the molecule is Cc1ccc(-n2cnnc2SCC(=O)NC(C)CO)cc1C. The van der Waals surface area contributed by atoms with Gasteiger partial charge in [-0.15, -0.1) is 10.2 Å². The van der Waals surface area contributed by atoms with Gasteiger partial charge >= 0.3 is 0 Å². The minimum absolute atomic E-state index is 0.0742. The number of nitrogens with one attached hydrogen (secondary N) is 1. The van der Waals surface area contributed by atoms with Crippen molar-refractivity contribution in [2.24, 2.45) is 0 Å². The van der Waals surface area contributed by atoms with Gasteiger partial charge in [-0.05, 0) is 44.0 Å². The molecule has 0 saturated heterocycles. The highest BCUT2D eigenvalue weighted by Gasteiger charge is 2.12. The van der Waals surface area contributed by atoms with Crippen LogP contribution in [0.25, 0.3) is 5.69 Å². The van der Waals surface area contributed by atoms with E-state index in [0.29, 0.717) is 5.16 Å². The summed E-state index contributed by atoms with van der Waals surface area (Å²) < 4.78 is 1.86. The van der Waals surface area contributed by atoms with Gasteiger partial charge in [0.2, 0.25) is 5.91 Å². The highest BCUT2D eigenvalue weighted by molar-refractivity contribution is 7.99. The van der Waals surface area contributed by atoms with Crippen molar-refractivity contribution < 1.29 is 9.90 Å². The molecule has 0 spiro atoms. The summed E-state index contributed by atoms with van der Waals surface area (Å²) in [6.45, 7) is 5.79. The third-order valence-electron chi connectivity index (χ3n) is 3.30. The fourth-order valence-corrected chi connectivity index (χ4v) is 2.61. The Morgan fingerprint density at radius 3 is 2.86 bits per heavy atom. The van der Waals surface area contributed by atoms with Crippen molar-refractivity contribution in [3.63, 3.8) is 0 Å². The van der Waals surface area contributed by atoms with Crippen LogP contribution in [-0.2, 0) is 4.79 Å². The molecule has 0 aliphatic carbocycles. The number of rotatable bonds is 6. The Labute approximate surface area is 133 Å². The van der Waals surface area contributed by atoms with E-state index < -0.39 is 0 Å². The van der Waals surface area contributed by atoms with Crippen molar-refractivity contribution in [3.05, 3.63) is 35.7 Å². The topological polar surface area (TPSA) is 80.0 Å². The van der Waals surface area contributed by atoms with Gasteiger partial charge in [0.05, 0.1) is 12.4 Å². The fraction of sp³-hybridized carbons (Fsp3) is 0.400. The van der Waals surface area contributed by atoms with Crippen LogP contribution in [0.3, 0.4) is 0 Å². The summed E-state index contributed by atoms with van der Waals surface area (Å²) in [5, 5.41) is 20.3. The number of nitrogens with zero attached hydrogens (tertiary/aromatic N) is 3. The molecule has 6 nitrogen and oxygen atoms in total. The van der Waals surface area contributed by atoms with Crippen LogP contribution in [0.2, 0.25) is 0 Å². The zero-order valence-electron chi connectivity index (χ0n) is 12.9. The molecule has 118 valence electrons. The zero-order valence-corrected chi connectivity index (χ0v) is 13.7. The number of carbonyl (C=O) groups is 1. The second-order valence-electron chi connectivity index (χ2n) is 5.19. The molecular weight excluding hydrogens is 300 g/mol. The van der Waals surface area contributed by atoms with E-state index in [1.807, 2.05) is 10.6 Å². The summed E-state index contributed by atoms with van der Waals surface area (Å²) in [7, 11) is 0. The first-order chi connectivity index (χ1) is 10.5. The highest BCUT2D eigenvalue weighted by Crippen LogP contribution is 2.21. The van der Waals surface area contributed by atoms with E-state index in [-0.39, 0.29) is 24.3 Å². The molecule has 0 saturated carbocycles. The van der Waals surface area contributed by atoms with Gasteiger partial charge in [0.25, 0.3) is 0 Å². The lowest BCUT2D eigenvalue weighted by molar-refractivity contribution is -0.119. The summed E-state index contributed by atoms with van der Waals surface area (Å²) >= 11 is 1.31. The third kappa shape index (κ3) is 4.08. The number of aliphatic hydroxyl groups is 1. The van der Waals surface area contributed by atoms with E-state index in [1.165, 1.54) is 22.9 Å². The maximum absolute atomic E-state index is 11.8. The molecule has 0 aliphatic rings. The van der Waals surface area contributed by atoms with Crippen LogP contribution in [0.15, 0.2) is 29.7 Å².